The second-order valence-corrected chi connectivity index (χ2v) is 7.78. The Bertz CT molecular complexity index is 818. The van der Waals surface area contributed by atoms with Crippen LogP contribution in [0.2, 0.25) is 10.0 Å². The molecular formula is C19H23Cl2N3O4. The number of benzene rings is 1. The lowest BCUT2D eigenvalue weighted by Crippen LogP contribution is -2.41. The van der Waals surface area contributed by atoms with E-state index >= 15 is 0 Å². The number of carbonyl (C=O) groups is 2. The first kappa shape index (κ1) is 22.2. The molecule has 0 aliphatic carbocycles. The maximum Gasteiger partial charge on any atom is 0.320 e. The maximum atomic E-state index is 11.9. The van der Waals surface area contributed by atoms with Crippen molar-refractivity contribution in [2.24, 2.45) is 5.92 Å². The van der Waals surface area contributed by atoms with Crippen molar-refractivity contribution in [1.29, 1.82) is 0 Å². The van der Waals surface area contributed by atoms with E-state index in [0.29, 0.717) is 27.7 Å². The van der Waals surface area contributed by atoms with Gasteiger partial charge >= 0.3 is 11.9 Å². The van der Waals surface area contributed by atoms with Crippen LogP contribution in [0.5, 0.6) is 0 Å². The molecule has 2 atom stereocenters. The van der Waals surface area contributed by atoms with Crippen LogP contribution in [0.25, 0.3) is 0 Å². The van der Waals surface area contributed by atoms with Crippen molar-refractivity contribution in [3.63, 3.8) is 0 Å². The van der Waals surface area contributed by atoms with E-state index in [1.807, 2.05) is 13.8 Å². The van der Waals surface area contributed by atoms with Crippen molar-refractivity contribution in [2.45, 2.75) is 38.8 Å². The molecule has 0 amide bonds. The summed E-state index contributed by atoms with van der Waals surface area (Å²) in [6.07, 6.45) is 3.37. The third kappa shape index (κ3) is 5.70. The molecule has 3 N–H and O–H groups in total. The second-order valence-electron chi connectivity index (χ2n) is 6.97. The van der Waals surface area contributed by atoms with Crippen LogP contribution in [0.4, 0.5) is 0 Å². The Hall–Kier alpha value is -2.09. The average Bonchev–Trinajstić information content (AvgIpc) is 3.04. The molecule has 9 heteroatoms. The van der Waals surface area contributed by atoms with E-state index in [0.717, 1.165) is 0 Å². The first-order valence-corrected chi connectivity index (χ1v) is 9.58. The zero-order chi connectivity index (χ0) is 20.8. The van der Waals surface area contributed by atoms with Crippen LogP contribution in [-0.2, 0) is 16.1 Å². The van der Waals surface area contributed by atoms with E-state index < -0.39 is 23.9 Å². The van der Waals surface area contributed by atoms with Crippen LogP contribution in [-0.4, -0.2) is 44.3 Å². The Balaban J connectivity index is 2.22. The van der Waals surface area contributed by atoms with Gasteiger partial charge in [-0.05, 0) is 24.5 Å². The quantitative estimate of drug-likeness (QED) is 0.535. The van der Waals surface area contributed by atoms with Crippen LogP contribution in [0.3, 0.4) is 0 Å². The lowest BCUT2D eigenvalue weighted by molar-refractivity contribution is -0.142. The van der Waals surface area contributed by atoms with E-state index in [1.54, 1.807) is 22.8 Å². The average molecular weight is 428 g/mol. The van der Waals surface area contributed by atoms with Crippen molar-refractivity contribution < 1.29 is 19.8 Å². The Morgan fingerprint density at radius 1 is 1.18 bits per heavy atom. The Labute approximate surface area is 173 Å². The second kappa shape index (κ2) is 9.91. The molecule has 1 heterocycles. The van der Waals surface area contributed by atoms with Gasteiger partial charge in [-0.2, -0.15) is 0 Å². The van der Waals surface area contributed by atoms with Crippen molar-refractivity contribution in [3.8, 4) is 0 Å². The molecule has 0 bridgehead atoms. The summed E-state index contributed by atoms with van der Waals surface area (Å²) in [5.41, 5.74) is 1.09. The normalized spacial score (nSPS) is 13.5. The Morgan fingerprint density at radius 2 is 1.82 bits per heavy atom. The number of nitrogens with one attached hydrogen (secondary N) is 1. The number of nitrogens with zero attached hydrogens (tertiary/aromatic N) is 2. The fourth-order valence-corrected chi connectivity index (χ4v) is 3.45. The molecule has 2 rings (SSSR count). The van der Waals surface area contributed by atoms with Gasteiger partial charge in [-0.3, -0.25) is 9.59 Å². The number of aliphatic carboxylic acids is 2. The van der Waals surface area contributed by atoms with Gasteiger partial charge in [-0.25, -0.2) is 4.98 Å². The monoisotopic (exact) mass is 427 g/mol. The molecule has 0 saturated heterocycles. The molecule has 2 unspecified atom stereocenters. The minimum absolute atomic E-state index is 0.0407. The number of hydrogen-bond donors (Lipinski definition) is 3. The maximum absolute atomic E-state index is 11.9. The van der Waals surface area contributed by atoms with Gasteiger partial charge in [0.15, 0.2) is 0 Å². The number of imidazole rings is 1. The molecule has 0 aliphatic rings. The fourth-order valence-electron chi connectivity index (χ4n) is 2.93. The fraction of sp³-hybridized carbons (Fsp3) is 0.421. The van der Waals surface area contributed by atoms with Gasteiger partial charge in [-0.1, -0.05) is 43.1 Å². The van der Waals surface area contributed by atoms with E-state index in [-0.39, 0.29) is 19.0 Å². The smallest absolute Gasteiger partial charge is 0.320 e. The molecular weight excluding hydrogens is 405 g/mol. The van der Waals surface area contributed by atoms with E-state index in [1.165, 1.54) is 12.5 Å². The Morgan fingerprint density at radius 3 is 2.36 bits per heavy atom. The molecule has 0 fully saturated rings. The highest BCUT2D eigenvalue weighted by molar-refractivity contribution is 6.35. The summed E-state index contributed by atoms with van der Waals surface area (Å²) in [4.78, 5) is 27.4. The third-order valence-electron chi connectivity index (χ3n) is 4.36. The molecule has 1 aromatic carbocycles. The first-order valence-electron chi connectivity index (χ1n) is 8.82. The highest BCUT2D eigenvalue weighted by Gasteiger charge is 2.27. The summed E-state index contributed by atoms with van der Waals surface area (Å²) in [5.74, 6) is -2.90. The lowest BCUT2D eigenvalue weighted by Gasteiger charge is -2.21. The lowest BCUT2D eigenvalue weighted by atomic mass is 10.0. The number of aromatic nitrogens is 2. The summed E-state index contributed by atoms with van der Waals surface area (Å²) >= 11 is 12.4. The van der Waals surface area contributed by atoms with Gasteiger partial charge in [0, 0.05) is 28.4 Å². The van der Waals surface area contributed by atoms with Crippen LogP contribution in [0, 0.1) is 5.92 Å². The van der Waals surface area contributed by atoms with Crippen molar-refractivity contribution >= 4 is 35.1 Å². The zero-order valence-electron chi connectivity index (χ0n) is 15.6. The van der Waals surface area contributed by atoms with Gasteiger partial charge in [0.25, 0.3) is 0 Å². The number of hydrogen-bond acceptors (Lipinski definition) is 4. The molecule has 0 spiro atoms. The molecule has 152 valence electrons. The number of carboxylic acids is 2. The van der Waals surface area contributed by atoms with Crippen LogP contribution < -0.4 is 5.32 Å². The molecule has 0 radical (unpaired) electrons. The summed E-state index contributed by atoms with van der Waals surface area (Å²) < 4.78 is 1.66. The van der Waals surface area contributed by atoms with E-state index in [4.69, 9.17) is 23.2 Å². The predicted octanol–water partition coefficient (Wildman–Crippen LogP) is 3.50. The molecule has 7 nitrogen and oxygen atoms in total. The summed E-state index contributed by atoms with van der Waals surface area (Å²) in [7, 11) is 0. The first-order chi connectivity index (χ1) is 13.2. The van der Waals surface area contributed by atoms with Gasteiger partial charge in [-0.15, -0.1) is 0 Å². The number of rotatable bonds is 10. The van der Waals surface area contributed by atoms with Gasteiger partial charge in [0.1, 0.15) is 12.0 Å². The van der Waals surface area contributed by atoms with Crippen LogP contribution in [0.1, 0.15) is 37.4 Å². The molecule has 0 aliphatic heterocycles. The van der Waals surface area contributed by atoms with Gasteiger partial charge < -0.3 is 20.1 Å². The van der Waals surface area contributed by atoms with Gasteiger partial charge in [0.2, 0.25) is 0 Å². The minimum atomic E-state index is -1.08. The standard InChI is InChI=1S/C19H23Cl2N3O4/c1-11(2)6-16(19(27)28)23-7-12(18(25)26)17-8-22-10-24(17)9-13-14(20)4-3-5-15(13)21/h3-5,8,10-12,16,23H,6-7,9H2,1-2H3,(H,25,26)(H,27,28). The summed E-state index contributed by atoms with van der Waals surface area (Å²) in [6, 6.07) is 4.32. The summed E-state index contributed by atoms with van der Waals surface area (Å²) in [5, 5.41) is 22.9. The summed E-state index contributed by atoms with van der Waals surface area (Å²) in [6.45, 7) is 4.04. The van der Waals surface area contributed by atoms with Gasteiger partial charge in [0.05, 0.1) is 18.6 Å². The van der Waals surface area contributed by atoms with Crippen LogP contribution in [0.15, 0.2) is 30.7 Å². The molecule has 28 heavy (non-hydrogen) atoms. The highest BCUT2D eigenvalue weighted by atomic mass is 35.5. The molecule has 0 saturated carbocycles. The van der Waals surface area contributed by atoms with Crippen molar-refractivity contribution in [3.05, 3.63) is 52.0 Å². The molecule has 1 aromatic heterocycles. The minimum Gasteiger partial charge on any atom is -0.481 e. The van der Waals surface area contributed by atoms with Crippen molar-refractivity contribution in [2.75, 3.05) is 6.54 Å². The Kier molecular flexibility index (Phi) is 7.86. The van der Waals surface area contributed by atoms with Crippen molar-refractivity contribution in [1.82, 2.24) is 14.9 Å². The molecule has 2 aromatic rings. The van der Waals surface area contributed by atoms with E-state index in [2.05, 4.69) is 10.3 Å². The number of carboxylic acid groups (broad SMARTS) is 2. The topological polar surface area (TPSA) is 104 Å². The van der Waals surface area contributed by atoms with E-state index in [9.17, 15) is 19.8 Å². The zero-order valence-corrected chi connectivity index (χ0v) is 17.1. The SMILES string of the molecule is CC(C)CC(NCC(C(=O)O)c1cncn1Cc1c(Cl)cccc1Cl)C(=O)O. The highest BCUT2D eigenvalue weighted by Crippen LogP contribution is 2.27. The predicted molar refractivity (Wildman–Crippen MR) is 107 cm³/mol. The third-order valence-corrected chi connectivity index (χ3v) is 5.07. The van der Waals surface area contributed by atoms with Crippen LogP contribution >= 0.6 is 23.2 Å². The largest absolute Gasteiger partial charge is 0.481 e. The number of halogens is 2.